The molecule has 1 nitrogen and oxygen atoms in total. The molecule has 0 fully saturated rings. The van der Waals surface area contributed by atoms with E-state index in [1.807, 2.05) is 19.1 Å². The lowest BCUT2D eigenvalue weighted by Gasteiger charge is -2.03. The Morgan fingerprint density at radius 2 is 2.00 bits per heavy atom. The number of unbranched alkanes of at least 4 members (excludes halogenated alkanes) is 3. The van der Waals surface area contributed by atoms with Gasteiger partial charge in [-0.25, -0.2) is 0 Å². The molecule has 0 heterocycles. The molecule has 11 heavy (non-hydrogen) atoms. The summed E-state index contributed by atoms with van der Waals surface area (Å²) in [5.41, 5.74) is 0. The molecule has 0 spiro atoms. The van der Waals surface area contributed by atoms with Gasteiger partial charge in [0.25, 0.3) is 0 Å². The number of allylic oxidation sites excluding steroid dienone is 1. The third-order valence-electron chi connectivity index (χ3n) is 1.77. The minimum atomic E-state index is -0.211. The first-order valence-corrected chi connectivity index (χ1v) is 4.62. The molecule has 0 aromatic carbocycles. The first-order valence-electron chi connectivity index (χ1n) is 4.62. The van der Waals surface area contributed by atoms with Crippen LogP contribution >= 0.6 is 0 Å². The first kappa shape index (κ1) is 10.7. The van der Waals surface area contributed by atoms with Crippen molar-refractivity contribution in [3.05, 3.63) is 12.2 Å². The van der Waals surface area contributed by atoms with Crippen LogP contribution in [0, 0.1) is 0 Å². The number of aliphatic hydroxyl groups is 1. The zero-order valence-corrected chi connectivity index (χ0v) is 7.71. The predicted octanol–water partition coefficient (Wildman–Crippen LogP) is 2.89. The highest BCUT2D eigenvalue weighted by Gasteiger charge is 1.96. The Hall–Kier alpha value is -0.300. The third-order valence-corrected chi connectivity index (χ3v) is 1.77. The largest absolute Gasteiger partial charge is 0.389 e. The molecule has 0 saturated carbocycles. The van der Waals surface area contributed by atoms with Crippen molar-refractivity contribution in [2.45, 2.75) is 52.1 Å². The lowest BCUT2D eigenvalue weighted by atomic mass is 10.1. The highest BCUT2D eigenvalue weighted by atomic mass is 16.3. The van der Waals surface area contributed by atoms with Crippen LogP contribution in [0.2, 0.25) is 0 Å². The topological polar surface area (TPSA) is 20.2 Å². The average Bonchev–Trinajstić information content (AvgIpc) is 1.99. The van der Waals surface area contributed by atoms with E-state index in [4.69, 9.17) is 0 Å². The molecule has 66 valence electrons. The molecular formula is C10H20O. The van der Waals surface area contributed by atoms with Gasteiger partial charge in [-0.3, -0.25) is 0 Å². The van der Waals surface area contributed by atoms with Gasteiger partial charge in [0.05, 0.1) is 6.10 Å². The SMILES string of the molecule is CC=CC(O)CCCCCC. The molecule has 0 rings (SSSR count). The van der Waals surface area contributed by atoms with Crippen molar-refractivity contribution in [3.63, 3.8) is 0 Å². The summed E-state index contributed by atoms with van der Waals surface area (Å²) in [5, 5.41) is 9.26. The van der Waals surface area contributed by atoms with Gasteiger partial charge in [-0.05, 0) is 13.3 Å². The lowest BCUT2D eigenvalue weighted by molar-refractivity contribution is 0.208. The smallest absolute Gasteiger partial charge is 0.0720 e. The molecule has 0 bridgehead atoms. The molecule has 0 radical (unpaired) electrons. The number of rotatable bonds is 6. The first-order chi connectivity index (χ1) is 5.31. The summed E-state index contributed by atoms with van der Waals surface area (Å²) in [7, 11) is 0. The molecule has 1 heteroatoms. The quantitative estimate of drug-likeness (QED) is 0.463. The van der Waals surface area contributed by atoms with Crippen LogP contribution in [0.25, 0.3) is 0 Å². The molecule has 1 atom stereocenters. The van der Waals surface area contributed by atoms with Crippen LogP contribution in [0.3, 0.4) is 0 Å². The van der Waals surface area contributed by atoms with Crippen LogP contribution in [-0.2, 0) is 0 Å². The van der Waals surface area contributed by atoms with E-state index < -0.39 is 0 Å². The van der Waals surface area contributed by atoms with Gasteiger partial charge in [0.2, 0.25) is 0 Å². The second-order valence-electron chi connectivity index (χ2n) is 2.94. The monoisotopic (exact) mass is 156 g/mol. The molecule has 1 unspecified atom stereocenters. The summed E-state index contributed by atoms with van der Waals surface area (Å²) in [4.78, 5) is 0. The van der Waals surface area contributed by atoms with E-state index in [9.17, 15) is 5.11 Å². The number of hydrogen-bond donors (Lipinski definition) is 1. The molecule has 0 aromatic rings. The highest BCUT2D eigenvalue weighted by molar-refractivity contribution is 4.84. The van der Waals surface area contributed by atoms with E-state index in [1.165, 1.54) is 19.3 Å². The van der Waals surface area contributed by atoms with Crippen molar-refractivity contribution >= 4 is 0 Å². The zero-order chi connectivity index (χ0) is 8.53. The van der Waals surface area contributed by atoms with Crippen LogP contribution in [0.5, 0.6) is 0 Å². The normalized spacial score (nSPS) is 14.1. The fraction of sp³-hybridized carbons (Fsp3) is 0.800. The molecule has 0 saturated heterocycles. The molecule has 0 aromatic heterocycles. The molecule has 0 aliphatic heterocycles. The second-order valence-corrected chi connectivity index (χ2v) is 2.94. The van der Waals surface area contributed by atoms with Crippen LogP contribution in [0.1, 0.15) is 46.0 Å². The summed E-state index contributed by atoms with van der Waals surface area (Å²) in [6.45, 7) is 4.14. The van der Waals surface area contributed by atoms with Crippen LogP contribution in [-0.4, -0.2) is 11.2 Å². The maximum Gasteiger partial charge on any atom is 0.0720 e. The average molecular weight is 156 g/mol. The van der Waals surface area contributed by atoms with Gasteiger partial charge < -0.3 is 5.11 Å². The minimum Gasteiger partial charge on any atom is -0.389 e. The fourth-order valence-electron chi connectivity index (χ4n) is 1.10. The standard InChI is InChI=1S/C10H20O/c1-3-5-6-7-9-10(11)8-4-2/h4,8,10-11H,3,5-7,9H2,1-2H3. The summed E-state index contributed by atoms with van der Waals surface area (Å²) in [5.74, 6) is 0. The van der Waals surface area contributed by atoms with E-state index in [1.54, 1.807) is 0 Å². The molecule has 0 aliphatic rings. The minimum absolute atomic E-state index is 0.211. The summed E-state index contributed by atoms with van der Waals surface area (Å²) in [6, 6.07) is 0. The predicted molar refractivity (Wildman–Crippen MR) is 49.6 cm³/mol. The van der Waals surface area contributed by atoms with E-state index >= 15 is 0 Å². The summed E-state index contributed by atoms with van der Waals surface area (Å²) < 4.78 is 0. The Kier molecular flexibility index (Phi) is 7.59. The van der Waals surface area contributed by atoms with Gasteiger partial charge in [0.15, 0.2) is 0 Å². The number of aliphatic hydroxyl groups excluding tert-OH is 1. The second kappa shape index (κ2) is 7.80. The van der Waals surface area contributed by atoms with Gasteiger partial charge in [-0.1, -0.05) is 44.8 Å². The Morgan fingerprint density at radius 1 is 1.27 bits per heavy atom. The van der Waals surface area contributed by atoms with Gasteiger partial charge in [-0.15, -0.1) is 0 Å². The van der Waals surface area contributed by atoms with E-state index in [-0.39, 0.29) is 6.10 Å². The van der Waals surface area contributed by atoms with Crippen LogP contribution < -0.4 is 0 Å². The maximum atomic E-state index is 9.26. The van der Waals surface area contributed by atoms with E-state index in [0.717, 1.165) is 12.8 Å². The zero-order valence-electron chi connectivity index (χ0n) is 7.71. The van der Waals surface area contributed by atoms with Gasteiger partial charge in [0, 0.05) is 0 Å². The fourth-order valence-corrected chi connectivity index (χ4v) is 1.10. The van der Waals surface area contributed by atoms with Crippen molar-refractivity contribution in [2.24, 2.45) is 0 Å². The molecular weight excluding hydrogens is 136 g/mol. The van der Waals surface area contributed by atoms with Crippen LogP contribution in [0.4, 0.5) is 0 Å². The van der Waals surface area contributed by atoms with Crippen molar-refractivity contribution in [3.8, 4) is 0 Å². The number of hydrogen-bond acceptors (Lipinski definition) is 1. The lowest BCUT2D eigenvalue weighted by Crippen LogP contribution is -2.00. The van der Waals surface area contributed by atoms with Crippen molar-refractivity contribution in [2.75, 3.05) is 0 Å². The van der Waals surface area contributed by atoms with Gasteiger partial charge in [0.1, 0.15) is 0 Å². The Balaban J connectivity index is 3.10. The third kappa shape index (κ3) is 7.60. The van der Waals surface area contributed by atoms with Gasteiger partial charge >= 0.3 is 0 Å². The van der Waals surface area contributed by atoms with E-state index in [2.05, 4.69) is 6.92 Å². The van der Waals surface area contributed by atoms with Gasteiger partial charge in [-0.2, -0.15) is 0 Å². The molecule has 1 N–H and O–H groups in total. The molecule has 0 aliphatic carbocycles. The Morgan fingerprint density at radius 3 is 2.55 bits per heavy atom. The summed E-state index contributed by atoms with van der Waals surface area (Å²) in [6.07, 6.45) is 9.44. The summed E-state index contributed by atoms with van der Waals surface area (Å²) >= 11 is 0. The Bertz CT molecular complexity index is 97.0. The highest BCUT2D eigenvalue weighted by Crippen LogP contribution is 2.05. The van der Waals surface area contributed by atoms with E-state index in [0.29, 0.717) is 0 Å². The van der Waals surface area contributed by atoms with Crippen molar-refractivity contribution in [1.82, 2.24) is 0 Å². The maximum absolute atomic E-state index is 9.26. The molecule has 0 amide bonds. The van der Waals surface area contributed by atoms with Crippen molar-refractivity contribution < 1.29 is 5.11 Å². The van der Waals surface area contributed by atoms with Crippen LogP contribution in [0.15, 0.2) is 12.2 Å². The Labute approximate surface area is 70.1 Å². The van der Waals surface area contributed by atoms with Crippen molar-refractivity contribution in [1.29, 1.82) is 0 Å².